The number of carbonyl (C=O) groups is 4. The van der Waals surface area contributed by atoms with Crippen LogP contribution in [0, 0.1) is 11.3 Å². The summed E-state index contributed by atoms with van der Waals surface area (Å²) in [5.41, 5.74) is 11.0. The standard InChI is InChI=1S/C21H24N10O6S2/c22-20(23)30-5-8(6-30)4-29-2-1-9(16(29)33)3-10-7-38-18-12(17(34)31(18)13(10)19(35)36)25-15(32)11(27-37)14-26-21(24)39-28-14/h3,8,12,18,37H,1-2,4-7H2,(H3,22,23)(H,25,32)(H,35,36)(H2,24,26,28)/b9-3?,27-11-/t12-,18-/m1/s1. The van der Waals surface area contributed by atoms with Crippen molar-refractivity contribution < 1.29 is 29.5 Å². The van der Waals surface area contributed by atoms with E-state index in [-0.39, 0.29) is 40.2 Å². The Bertz CT molecular complexity index is 1370. The normalized spacial score (nSPS) is 24.6. The molecule has 3 fully saturated rings. The van der Waals surface area contributed by atoms with Crippen LogP contribution in [0.15, 0.2) is 28.1 Å². The van der Waals surface area contributed by atoms with E-state index in [1.165, 1.54) is 11.8 Å². The van der Waals surface area contributed by atoms with E-state index in [1.807, 2.05) is 0 Å². The van der Waals surface area contributed by atoms with E-state index in [1.54, 1.807) is 15.9 Å². The summed E-state index contributed by atoms with van der Waals surface area (Å²) in [6.45, 7) is 2.24. The van der Waals surface area contributed by atoms with E-state index in [0.29, 0.717) is 43.7 Å². The number of likely N-dealkylation sites (tertiary alicyclic amines) is 2. The number of aromatic nitrogens is 2. The highest BCUT2D eigenvalue weighted by Crippen LogP contribution is 2.41. The zero-order valence-electron chi connectivity index (χ0n) is 20.2. The first-order chi connectivity index (χ1) is 18.6. The van der Waals surface area contributed by atoms with Crippen molar-refractivity contribution >= 4 is 63.8 Å². The number of rotatable bonds is 7. The van der Waals surface area contributed by atoms with Gasteiger partial charge in [0.1, 0.15) is 17.1 Å². The SMILES string of the molecule is N=C(N)N1CC(CN2CCC(=CC3=C(C(=O)O)N4C(=O)[C@@H](NC(=O)/C(=N\O)c5nsc(N)n5)[C@H]4SC3)C2=O)C1. The lowest BCUT2D eigenvalue weighted by Gasteiger charge is -2.49. The van der Waals surface area contributed by atoms with Crippen molar-refractivity contribution in [2.45, 2.75) is 17.8 Å². The number of anilines is 1. The van der Waals surface area contributed by atoms with Crippen LogP contribution in [-0.2, 0) is 19.2 Å². The zero-order chi connectivity index (χ0) is 28.0. The van der Waals surface area contributed by atoms with Gasteiger partial charge in [-0.3, -0.25) is 24.7 Å². The monoisotopic (exact) mass is 576 g/mol. The molecule has 0 aliphatic carbocycles. The highest BCUT2D eigenvalue weighted by Gasteiger charge is 2.54. The van der Waals surface area contributed by atoms with Crippen molar-refractivity contribution in [2.75, 3.05) is 37.7 Å². The fourth-order valence-corrected chi connectivity index (χ4v) is 6.61. The van der Waals surface area contributed by atoms with Gasteiger partial charge < -0.3 is 36.9 Å². The number of β-lactam (4-membered cyclic amide) rings is 1. The molecule has 39 heavy (non-hydrogen) atoms. The summed E-state index contributed by atoms with van der Waals surface area (Å²) < 4.78 is 3.81. The van der Waals surface area contributed by atoms with E-state index in [0.717, 1.165) is 16.4 Å². The average Bonchev–Trinajstić information content (AvgIpc) is 3.44. The third-order valence-electron chi connectivity index (χ3n) is 6.79. The summed E-state index contributed by atoms with van der Waals surface area (Å²) in [5, 5.41) is 31.3. The molecule has 5 rings (SSSR count). The maximum absolute atomic E-state index is 13.0. The number of nitrogens with two attached hydrogens (primary N) is 2. The molecule has 1 aromatic rings. The number of oxime groups is 1. The lowest BCUT2D eigenvalue weighted by molar-refractivity contribution is -0.150. The molecule has 5 heterocycles. The number of nitrogens with zero attached hydrogens (tertiary/aromatic N) is 6. The predicted octanol–water partition coefficient (Wildman–Crippen LogP) is -1.98. The first-order valence-corrected chi connectivity index (χ1v) is 13.5. The van der Waals surface area contributed by atoms with Crippen molar-refractivity contribution in [3.05, 3.63) is 28.7 Å². The minimum absolute atomic E-state index is 0.00630. The van der Waals surface area contributed by atoms with Gasteiger partial charge in [0.05, 0.1) is 0 Å². The molecule has 1 aromatic heterocycles. The van der Waals surface area contributed by atoms with Gasteiger partial charge in [-0.15, -0.1) is 11.8 Å². The van der Waals surface area contributed by atoms with E-state index in [2.05, 4.69) is 19.8 Å². The minimum atomic E-state index is -1.33. The molecule has 8 N–H and O–H groups in total. The third kappa shape index (κ3) is 4.76. The first kappa shape index (κ1) is 26.4. The Kier molecular flexibility index (Phi) is 6.89. The zero-order valence-corrected chi connectivity index (χ0v) is 21.9. The number of carboxylic acids is 1. The molecule has 0 spiro atoms. The molecule has 0 aromatic carbocycles. The molecular weight excluding hydrogens is 552 g/mol. The summed E-state index contributed by atoms with van der Waals surface area (Å²) in [4.78, 5) is 59.1. The molecular formula is C21H24N10O6S2. The van der Waals surface area contributed by atoms with Crippen LogP contribution < -0.4 is 16.8 Å². The molecule has 206 valence electrons. The van der Waals surface area contributed by atoms with E-state index in [4.69, 9.17) is 16.9 Å². The second-order valence-electron chi connectivity index (χ2n) is 9.27. The van der Waals surface area contributed by atoms with Crippen molar-refractivity contribution in [3.63, 3.8) is 0 Å². The van der Waals surface area contributed by atoms with Gasteiger partial charge in [-0.2, -0.15) is 9.36 Å². The number of carboxylic acid groups (broad SMARTS) is 1. The molecule has 2 atom stereocenters. The quantitative estimate of drug-likeness (QED) is 0.0516. The smallest absolute Gasteiger partial charge is 0.352 e. The van der Waals surface area contributed by atoms with E-state index < -0.39 is 34.9 Å². The number of aliphatic carboxylic acids is 1. The molecule has 0 bridgehead atoms. The van der Waals surface area contributed by atoms with Crippen LogP contribution in [0.3, 0.4) is 0 Å². The fourth-order valence-electron chi connectivity index (χ4n) is 4.87. The molecule has 3 amide bonds. The van der Waals surface area contributed by atoms with Gasteiger partial charge in [0.15, 0.2) is 11.1 Å². The van der Waals surface area contributed by atoms with Crippen molar-refractivity contribution in [3.8, 4) is 0 Å². The molecule has 18 heteroatoms. The van der Waals surface area contributed by atoms with Crippen LogP contribution in [0.4, 0.5) is 5.13 Å². The topological polar surface area (TPSA) is 245 Å². The highest BCUT2D eigenvalue weighted by molar-refractivity contribution is 8.00. The first-order valence-electron chi connectivity index (χ1n) is 11.7. The van der Waals surface area contributed by atoms with Gasteiger partial charge in [-0.1, -0.05) is 5.16 Å². The highest BCUT2D eigenvalue weighted by atomic mass is 32.2. The average molecular weight is 577 g/mol. The predicted molar refractivity (Wildman–Crippen MR) is 139 cm³/mol. The second-order valence-corrected chi connectivity index (χ2v) is 11.2. The van der Waals surface area contributed by atoms with Gasteiger partial charge in [-0.25, -0.2) is 4.79 Å². The van der Waals surface area contributed by atoms with Crippen LogP contribution in [0.1, 0.15) is 12.2 Å². The lowest BCUT2D eigenvalue weighted by atomic mass is 10.00. The largest absolute Gasteiger partial charge is 0.477 e. The number of fused-ring (bicyclic) bond motifs is 1. The number of nitrogen functional groups attached to an aromatic ring is 1. The van der Waals surface area contributed by atoms with Crippen molar-refractivity contribution in [1.29, 1.82) is 5.41 Å². The summed E-state index contributed by atoms with van der Waals surface area (Å²) in [6.07, 6.45) is 1.99. The number of hydrogen-bond donors (Lipinski definition) is 6. The summed E-state index contributed by atoms with van der Waals surface area (Å²) >= 11 is 2.03. The van der Waals surface area contributed by atoms with Gasteiger partial charge >= 0.3 is 5.97 Å². The number of allylic oxidation sites excluding steroid dienone is 1. The van der Waals surface area contributed by atoms with E-state index in [9.17, 15) is 29.5 Å². The van der Waals surface area contributed by atoms with Crippen molar-refractivity contribution in [2.24, 2.45) is 16.8 Å². The Morgan fingerprint density at radius 3 is 2.67 bits per heavy atom. The van der Waals surface area contributed by atoms with Crippen LogP contribution in [0.25, 0.3) is 0 Å². The second kappa shape index (κ2) is 10.2. The van der Waals surface area contributed by atoms with Crippen molar-refractivity contribution in [1.82, 2.24) is 29.4 Å². The number of hydrogen-bond acceptors (Lipinski definition) is 12. The number of nitrogens with one attached hydrogen (secondary N) is 2. The summed E-state index contributed by atoms with van der Waals surface area (Å²) in [6, 6.07) is -1.07. The number of carbonyl (C=O) groups excluding carboxylic acids is 3. The van der Waals surface area contributed by atoms with Gasteiger partial charge in [0, 0.05) is 55.0 Å². The summed E-state index contributed by atoms with van der Waals surface area (Å²) in [7, 11) is 0. The number of guanidine groups is 1. The van der Waals surface area contributed by atoms with Crippen LogP contribution in [0.5, 0.6) is 0 Å². The molecule has 0 saturated carbocycles. The number of amides is 3. The van der Waals surface area contributed by atoms with Gasteiger partial charge in [-0.05, 0) is 18.1 Å². The Morgan fingerprint density at radius 2 is 2.05 bits per heavy atom. The van der Waals surface area contributed by atoms with Gasteiger partial charge in [0.2, 0.25) is 17.4 Å². The maximum atomic E-state index is 13.0. The molecule has 3 saturated heterocycles. The molecule has 16 nitrogen and oxygen atoms in total. The maximum Gasteiger partial charge on any atom is 0.352 e. The minimum Gasteiger partial charge on any atom is -0.477 e. The Balaban J connectivity index is 1.27. The van der Waals surface area contributed by atoms with Crippen LogP contribution in [0.2, 0.25) is 0 Å². The molecule has 4 aliphatic rings. The fraction of sp³-hybridized carbons (Fsp3) is 0.429. The lowest BCUT2D eigenvalue weighted by Crippen LogP contribution is -2.71. The molecule has 4 aliphatic heterocycles. The Labute approximate surface area is 229 Å². The molecule has 0 radical (unpaired) electrons. The van der Waals surface area contributed by atoms with Crippen LogP contribution >= 0.6 is 23.3 Å². The van der Waals surface area contributed by atoms with Crippen LogP contribution in [-0.4, -0.2) is 113 Å². The number of thioether (sulfide) groups is 1. The van der Waals surface area contributed by atoms with Gasteiger partial charge in [0.25, 0.3) is 11.8 Å². The summed E-state index contributed by atoms with van der Waals surface area (Å²) in [5.74, 6) is -2.89. The Morgan fingerprint density at radius 1 is 1.31 bits per heavy atom. The molecule has 0 unspecified atom stereocenters. The van der Waals surface area contributed by atoms with E-state index >= 15 is 0 Å². The third-order valence-corrected chi connectivity index (χ3v) is 8.64. The Hall–Kier alpha value is -4.19.